The molecule has 0 radical (unpaired) electrons. The maximum Gasteiger partial charge on any atom is 0.223 e. The molecule has 2 aromatic carbocycles. The summed E-state index contributed by atoms with van der Waals surface area (Å²) < 4.78 is 15.3. The van der Waals surface area contributed by atoms with Crippen LogP contribution in [0.15, 0.2) is 41.4 Å². The minimum Gasteiger partial charge on any atom is -0.369 e. The molecule has 1 amide bonds. The van der Waals surface area contributed by atoms with Crippen molar-refractivity contribution in [3.8, 4) is 0 Å². The van der Waals surface area contributed by atoms with Crippen LogP contribution in [-0.4, -0.2) is 48.7 Å². The molecule has 4 aliphatic rings. The molecule has 2 atom stereocenters. The number of piperidine rings is 1. The first-order chi connectivity index (χ1) is 19.0. The molecule has 2 aromatic rings. The topological polar surface area (TPSA) is 39.2 Å². The molecule has 5 nitrogen and oxygen atoms in total. The molecule has 0 aromatic heterocycles. The van der Waals surface area contributed by atoms with E-state index < -0.39 is 0 Å². The molecule has 2 unspecified atom stereocenters. The highest BCUT2D eigenvalue weighted by molar-refractivity contribution is 5.96. The SMILES string of the molecule is CC(C)CC(=O)N1CCCC1C1=Nc2cc(C3CCCN3c3ccc(N4CCCCC4)c(F)c3)ccc2CC1. The standard InChI is InChI=1S/C33H43FN4O/c1-23(2)20-33(39)38-19-7-9-32(38)28-14-12-24-10-11-25(21-29(24)35-28)30-8-6-18-37(30)26-13-15-31(27(34)22-26)36-16-4-3-5-17-36/h10-11,13,15,21-23,30,32H,3-9,12,14,16-20H2,1-2H3. The third-order valence-electron chi connectivity index (χ3n) is 9.16. The van der Waals surface area contributed by atoms with Crippen molar-refractivity contribution in [3.05, 3.63) is 53.3 Å². The van der Waals surface area contributed by atoms with Crippen molar-refractivity contribution in [3.63, 3.8) is 0 Å². The Hall–Kier alpha value is -2.89. The van der Waals surface area contributed by atoms with E-state index in [1.165, 1.54) is 23.3 Å². The summed E-state index contributed by atoms with van der Waals surface area (Å²) in [5.41, 5.74) is 6.52. The van der Waals surface area contributed by atoms with E-state index in [9.17, 15) is 4.79 Å². The Morgan fingerprint density at radius 3 is 2.51 bits per heavy atom. The summed E-state index contributed by atoms with van der Waals surface area (Å²) in [7, 11) is 0. The maximum atomic E-state index is 15.3. The first-order valence-electron chi connectivity index (χ1n) is 15.3. The summed E-state index contributed by atoms with van der Waals surface area (Å²) in [5, 5.41) is 0. The van der Waals surface area contributed by atoms with E-state index in [0.717, 1.165) is 94.6 Å². The average Bonchev–Trinajstić information content (AvgIpc) is 3.63. The highest BCUT2D eigenvalue weighted by Crippen LogP contribution is 2.40. The Balaban J connectivity index is 1.22. The quantitative estimate of drug-likeness (QED) is 0.396. The van der Waals surface area contributed by atoms with Crippen LogP contribution < -0.4 is 9.80 Å². The first-order valence-corrected chi connectivity index (χ1v) is 15.3. The van der Waals surface area contributed by atoms with E-state index in [0.29, 0.717) is 12.3 Å². The molecule has 4 heterocycles. The van der Waals surface area contributed by atoms with Crippen LogP contribution in [0.2, 0.25) is 0 Å². The molecule has 3 fully saturated rings. The fourth-order valence-corrected chi connectivity index (χ4v) is 7.18. The number of carbonyl (C=O) groups is 1. The minimum atomic E-state index is -0.104. The summed E-state index contributed by atoms with van der Waals surface area (Å²) in [5.74, 6) is 0.543. The average molecular weight is 531 g/mol. The van der Waals surface area contributed by atoms with E-state index in [1.54, 1.807) is 6.07 Å². The number of anilines is 2. The lowest BCUT2D eigenvalue weighted by Gasteiger charge is -2.31. The van der Waals surface area contributed by atoms with Crippen LogP contribution in [-0.2, 0) is 11.2 Å². The molecule has 0 aliphatic carbocycles. The van der Waals surface area contributed by atoms with Crippen molar-refractivity contribution >= 4 is 28.7 Å². The van der Waals surface area contributed by atoms with Crippen LogP contribution >= 0.6 is 0 Å². The lowest BCUT2D eigenvalue weighted by Crippen LogP contribution is -2.41. The molecule has 4 aliphatic heterocycles. The van der Waals surface area contributed by atoms with Gasteiger partial charge in [-0.05, 0) is 99.1 Å². The van der Waals surface area contributed by atoms with E-state index in [2.05, 4.69) is 52.8 Å². The van der Waals surface area contributed by atoms with Crippen molar-refractivity contribution in [2.45, 2.75) is 90.1 Å². The number of fused-ring (bicyclic) bond motifs is 1. The van der Waals surface area contributed by atoms with Gasteiger partial charge in [0.15, 0.2) is 0 Å². The molecular formula is C33H43FN4O. The zero-order valence-corrected chi connectivity index (χ0v) is 23.7. The number of aliphatic imine (C=N–C) groups is 1. The van der Waals surface area contributed by atoms with Gasteiger partial charge in [0.25, 0.3) is 0 Å². The number of aryl methyl sites for hydroxylation is 1. The van der Waals surface area contributed by atoms with E-state index >= 15 is 4.39 Å². The molecule has 3 saturated heterocycles. The minimum absolute atomic E-state index is 0.104. The summed E-state index contributed by atoms with van der Waals surface area (Å²) >= 11 is 0. The van der Waals surface area contributed by atoms with Gasteiger partial charge in [0.05, 0.1) is 23.5 Å². The summed E-state index contributed by atoms with van der Waals surface area (Å²) in [6, 6.07) is 13.0. The van der Waals surface area contributed by atoms with Gasteiger partial charge in [0, 0.05) is 44.0 Å². The molecular weight excluding hydrogens is 487 g/mol. The van der Waals surface area contributed by atoms with Gasteiger partial charge in [-0.3, -0.25) is 9.79 Å². The normalized spacial score (nSPS) is 23.4. The molecule has 6 heteroatoms. The van der Waals surface area contributed by atoms with Crippen LogP contribution in [0.4, 0.5) is 21.5 Å². The third kappa shape index (κ3) is 5.44. The number of nitrogens with zero attached hydrogens (tertiary/aromatic N) is 4. The van der Waals surface area contributed by atoms with Crippen molar-refractivity contribution in [1.82, 2.24) is 4.90 Å². The lowest BCUT2D eigenvalue weighted by molar-refractivity contribution is -0.131. The Morgan fingerprint density at radius 1 is 0.923 bits per heavy atom. The summed E-state index contributed by atoms with van der Waals surface area (Å²) in [6.45, 7) is 7.92. The summed E-state index contributed by atoms with van der Waals surface area (Å²) in [4.78, 5) is 24.8. The number of hydrogen-bond donors (Lipinski definition) is 0. The van der Waals surface area contributed by atoms with Gasteiger partial charge in [0.2, 0.25) is 5.91 Å². The Kier molecular flexibility index (Phi) is 7.64. The van der Waals surface area contributed by atoms with Gasteiger partial charge in [-0.1, -0.05) is 26.0 Å². The van der Waals surface area contributed by atoms with Gasteiger partial charge in [-0.2, -0.15) is 0 Å². The van der Waals surface area contributed by atoms with Crippen LogP contribution in [0.5, 0.6) is 0 Å². The third-order valence-corrected chi connectivity index (χ3v) is 9.16. The number of benzene rings is 2. The molecule has 0 saturated carbocycles. The Morgan fingerprint density at radius 2 is 1.72 bits per heavy atom. The number of likely N-dealkylation sites (tertiary alicyclic amines) is 1. The zero-order valence-electron chi connectivity index (χ0n) is 23.7. The van der Waals surface area contributed by atoms with E-state index in [1.807, 2.05) is 6.07 Å². The van der Waals surface area contributed by atoms with Crippen molar-refractivity contribution in [1.29, 1.82) is 0 Å². The Bertz CT molecular complexity index is 1230. The molecule has 6 rings (SSSR count). The highest BCUT2D eigenvalue weighted by Gasteiger charge is 2.34. The van der Waals surface area contributed by atoms with Crippen LogP contribution in [0.1, 0.15) is 88.8 Å². The first kappa shape index (κ1) is 26.3. The van der Waals surface area contributed by atoms with Crippen LogP contribution in [0.25, 0.3) is 0 Å². The largest absolute Gasteiger partial charge is 0.369 e. The van der Waals surface area contributed by atoms with Gasteiger partial charge < -0.3 is 14.7 Å². The number of amides is 1. The van der Waals surface area contributed by atoms with Crippen LogP contribution in [0, 0.1) is 11.7 Å². The molecule has 208 valence electrons. The predicted octanol–water partition coefficient (Wildman–Crippen LogP) is 7.21. The van der Waals surface area contributed by atoms with Crippen LogP contribution in [0.3, 0.4) is 0 Å². The smallest absolute Gasteiger partial charge is 0.223 e. The highest BCUT2D eigenvalue weighted by atomic mass is 19.1. The monoisotopic (exact) mass is 530 g/mol. The number of carbonyl (C=O) groups excluding carboxylic acids is 1. The predicted molar refractivity (Wildman–Crippen MR) is 158 cm³/mol. The van der Waals surface area contributed by atoms with Crippen molar-refractivity contribution in [2.75, 3.05) is 36.0 Å². The number of hydrogen-bond acceptors (Lipinski definition) is 4. The van der Waals surface area contributed by atoms with Gasteiger partial charge in [-0.25, -0.2) is 4.39 Å². The van der Waals surface area contributed by atoms with Gasteiger partial charge in [0.1, 0.15) is 5.82 Å². The Labute approximate surface area is 233 Å². The lowest BCUT2D eigenvalue weighted by atomic mass is 9.93. The van der Waals surface area contributed by atoms with Crippen molar-refractivity contribution < 1.29 is 9.18 Å². The van der Waals surface area contributed by atoms with Gasteiger partial charge in [-0.15, -0.1) is 0 Å². The number of rotatable bonds is 6. The fraction of sp³-hybridized carbons (Fsp3) is 0.576. The summed E-state index contributed by atoms with van der Waals surface area (Å²) in [6.07, 6.45) is 10.3. The van der Waals surface area contributed by atoms with E-state index in [4.69, 9.17) is 4.99 Å². The molecule has 39 heavy (non-hydrogen) atoms. The molecule has 0 spiro atoms. The molecule has 0 N–H and O–H groups in total. The zero-order chi connectivity index (χ0) is 26.9. The second kappa shape index (κ2) is 11.3. The van der Waals surface area contributed by atoms with E-state index in [-0.39, 0.29) is 23.8 Å². The maximum absolute atomic E-state index is 15.3. The second-order valence-corrected chi connectivity index (χ2v) is 12.4. The second-order valence-electron chi connectivity index (χ2n) is 12.4. The molecule has 0 bridgehead atoms. The van der Waals surface area contributed by atoms with Gasteiger partial charge >= 0.3 is 0 Å². The fourth-order valence-electron chi connectivity index (χ4n) is 7.18. The number of halogens is 1. The van der Waals surface area contributed by atoms with Crippen molar-refractivity contribution in [2.24, 2.45) is 10.9 Å².